The topological polar surface area (TPSA) is 256 Å². The highest BCUT2D eigenvalue weighted by Gasteiger charge is 2.39. The molecular formula is C44H82O16P2. The molecule has 1 rings (SSSR count). The van der Waals surface area contributed by atoms with Gasteiger partial charge in [-0.05, 0) is 57.3 Å². The van der Waals surface area contributed by atoms with Crippen molar-refractivity contribution in [3.8, 4) is 0 Å². The molecule has 0 spiro atoms. The first-order valence-corrected chi connectivity index (χ1v) is 26.3. The Morgan fingerprint density at radius 2 is 1.18 bits per heavy atom. The minimum atomic E-state index is -4.89. The van der Waals surface area contributed by atoms with E-state index in [0.717, 1.165) is 70.6 Å². The van der Waals surface area contributed by atoms with E-state index in [9.17, 15) is 44.0 Å². The lowest BCUT2D eigenvalue weighted by atomic mass is 9.88. The van der Waals surface area contributed by atoms with E-state index in [4.69, 9.17) is 23.8 Å². The summed E-state index contributed by atoms with van der Waals surface area (Å²) in [5.74, 6) is -1.54. The lowest BCUT2D eigenvalue weighted by molar-refractivity contribution is -0.161. The van der Waals surface area contributed by atoms with E-state index in [2.05, 4.69) is 35.0 Å². The number of allylic oxidation sites excluding steroid dienone is 2. The summed E-state index contributed by atoms with van der Waals surface area (Å²) in [6.45, 7) is 1.42. The van der Waals surface area contributed by atoms with Crippen molar-refractivity contribution in [3.05, 3.63) is 24.3 Å². The number of ether oxygens (including phenoxy) is 2. The van der Waals surface area contributed by atoms with Gasteiger partial charge in [0.05, 0.1) is 38.1 Å². The molecular weight excluding hydrogens is 846 g/mol. The van der Waals surface area contributed by atoms with Crippen LogP contribution < -0.4 is 0 Å². The average molecular weight is 929 g/mol. The lowest BCUT2D eigenvalue weighted by Gasteiger charge is -2.21. The summed E-state index contributed by atoms with van der Waals surface area (Å²) in [5.41, 5.74) is 0. The summed E-state index contributed by atoms with van der Waals surface area (Å²) in [6, 6.07) is 0. The Morgan fingerprint density at radius 3 is 1.81 bits per heavy atom. The number of esters is 2. The number of aliphatic hydroxyl groups is 4. The Labute approximate surface area is 371 Å². The van der Waals surface area contributed by atoms with Gasteiger partial charge in [0, 0.05) is 25.2 Å². The van der Waals surface area contributed by atoms with Gasteiger partial charge in [-0.2, -0.15) is 0 Å². The van der Waals surface area contributed by atoms with Crippen molar-refractivity contribution in [2.75, 3.05) is 26.4 Å². The fourth-order valence-electron chi connectivity index (χ4n) is 7.32. The van der Waals surface area contributed by atoms with E-state index < -0.39 is 84.5 Å². The van der Waals surface area contributed by atoms with Gasteiger partial charge >= 0.3 is 27.6 Å². The van der Waals surface area contributed by atoms with Crippen LogP contribution in [0.5, 0.6) is 0 Å². The van der Waals surface area contributed by atoms with Gasteiger partial charge in [-0.3, -0.25) is 23.2 Å². The molecule has 0 aromatic carbocycles. The standard InChI is InChI=1S/C44H82O16P2/c1-3-5-7-8-9-10-11-12-13-14-15-16-17-18-24-28-44(50)60-38(35-59-62(54,55)58-33-37(46)32-57-61(51,52)53)34-56-43(49)27-23-20-19-22-26-39-40(42(48)31-41(39)47)30-29-36(45)25-21-6-4-2/h12-13,29-30,36-42,45-48H,3-11,14-28,31-35H2,1-2H3,(H,54,55)(H2,51,52,53)/b13-12-,30-29+/t36-,37-,38+,39+,40+,41-,42+/m0/s1. The van der Waals surface area contributed by atoms with Gasteiger partial charge in [0.1, 0.15) is 12.7 Å². The molecule has 0 heterocycles. The van der Waals surface area contributed by atoms with Crippen molar-refractivity contribution in [1.82, 2.24) is 0 Å². The predicted octanol–water partition coefficient (Wildman–Crippen LogP) is 8.28. The van der Waals surface area contributed by atoms with Crippen LogP contribution in [0, 0.1) is 11.8 Å². The highest BCUT2D eigenvalue weighted by Crippen LogP contribution is 2.44. The Balaban J connectivity index is 2.52. The van der Waals surface area contributed by atoms with Crippen molar-refractivity contribution in [3.63, 3.8) is 0 Å². The third kappa shape index (κ3) is 32.2. The van der Waals surface area contributed by atoms with Crippen LogP contribution >= 0.6 is 15.6 Å². The highest BCUT2D eigenvalue weighted by atomic mass is 31.2. The van der Waals surface area contributed by atoms with Crippen molar-refractivity contribution in [1.29, 1.82) is 0 Å². The van der Waals surface area contributed by atoms with Crippen LogP contribution in [-0.2, 0) is 41.8 Å². The second-order valence-corrected chi connectivity index (χ2v) is 19.3. The molecule has 1 aliphatic carbocycles. The first kappa shape index (κ1) is 58.5. The first-order valence-electron chi connectivity index (χ1n) is 23.3. The van der Waals surface area contributed by atoms with Crippen molar-refractivity contribution >= 4 is 27.6 Å². The maximum Gasteiger partial charge on any atom is 0.472 e. The van der Waals surface area contributed by atoms with Gasteiger partial charge in [0.25, 0.3) is 0 Å². The van der Waals surface area contributed by atoms with Gasteiger partial charge in [0.2, 0.25) is 0 Å². The molecule has 1 fully saturated rings. The van der Waals surface area contributed by atoms with Crippen LogP contribution in [0.4, 0.5) is 0 Å². The summed E-state index contributed by atoms with van der Waals surface area (Å²) in [5, 5.41) is 41.2. The number of carbonyl (C=O) groups is 2. The Hall–Kier alpha value is -1.52. The normalized spacial score (nSPS) is 20.7. The van der Waals surface area contributed by atoms with E-state index in [-0.39, 0.29) is 24.7 Å². The van der Waals surface area contributed by atoms with Crippen molar-refractivity contribution in [2.45, 2.75) is 205 Å². The number of hydrogen-bond donors (Lipinski definition) is 7. The van der Waals surface area contributed by atoms with Crippen LogP contribution in [0.15, 0.2) is 24.3 Å². The fourth-order valence-corrected chi connectivity index (χ4v) is 8.48. The predicted molar refractivity (Wildman–Crippen MR) is 237 cm³/mol. The number of carbonyl (C=O) groups excluding carboxylic acids is 2. The molecule has 0 aliphatic heterocycles. The molecule has 0 amide bonds. The molecule has 1 saturated carbocycles. The smallest absolute Gasteiger partial charge is 0.462 e. The van der Waals surface area contributed by atoms with Crippen molar-refractivity contribution < 1.29 is 76.9 Å². The third-order valence-electron chi connectivity index (χ3n) is 10.9. The molecule has 0 aromatic rings. The molecule has 0 bridgehead atoms. The zero-order valence-corrected chi connectivity index (χ0v) is 39.3. The number of aliphatic hydroxyl groups excluding tert-OH is 4. The number of phosphoric ester groups is 2. The number of unbranched alkanes of at least 4 members (excludes halogenated alkanes) is 16. The maximum atomic E-state index is 12.7. The Bertz CT molecular complexity index is 1310. The Kier molecular flexibility index (Phi) is 33.7. The molecule has 0 aromatic heterocycles. The zero-order valence-electron chi connectivity index (χ0n) is 37.6. The molecule has 0 saturated heterocycles. The van der Waals surface area contributed by atoms with Crippen molar-refractivity contribution in [2.24, 2.45) is 11.8 Å². The van der Waals surface area contributed by atoms with Gasteiger partial charge in [-0.1, -0.05) is 128 Å². The van der Waals surface area contributed by atoms with E-state index in [1.54, 1.807) is 6.08 Å². The van der Waals surface area contributed by atoms with Gasteiger partial charge in [-0.15, -0.1) is 0 Å². The molecule has 1 aliphatic rings. The largest absolute Gasteiger partial charge is 0.472 e. The van der Waals surface area contributed by atoms with Gasteiger partial charge in [0.15, 0.2) is 6.10 Å². The van der Waals surface area contributed by atoms with E-state index >= 15 is 0 Å². The summed E-state index contributed by atoms with van der Waals surface area (Å²) >= 11 is 0. The molecule has 16 nitrogen and oxygen atoms in total. The third-order valence-corrected chi connectivity index (χ3v) is 12.3. The molecule has 8 atom stereocenters. The minimum Gasteiger partial charge on any atom is -0.462 e. The quantitative estimate of drug-likeness (QED) is 0.0132. The summed E-state index contributed by atoms with van der Waals surface area (Å²) in [4.78, 5) is 53.0. The van der Waals surface area contributed by atoms with E-state index in [0.29, 0.717) is 38.5 Å². The lowest BCUT2D eigenvalue weighted by Crippen LogP contribution is -2.30. The van der Waals surface area contributed by atoms with Crippen LogP contribution in [-0.4, -0.2) is 104 Å². The van der Waals surface area contributed by atoms with Gasteiger partial charge < -0.3 is 44.6 Å². The van der Waals surface area contributed by atoms with Crippen LogP contribution in [0.25, 0.3) is 0 Å². The van der Waals surface area contributed by atoms with Crippen LogP contribution in [0.1, 0.15) is 174 Å². The molecule has 7 N–H and O–H groups in total. The monoisotopic (exact) mass is 929 g/mol. The van der Waals surface area contributed by atoms with Gasteiger partial charge in [-0.25, -0.2) is 9.13 Å². The zero-order chi connectivity index (χ0) is 46.1. The summed E-state index contributed by atoms with van der Waals surface area (Å²) in [6.07, 6.45) is 25.2. The molecule has 18 heteroatoms. The van der Waals surface area contributed by atoms with Crippen LogP contribution in [0.2, 0.25) is 0 Å². The summed E-state index contributed by atoms with van der Waals surface area (Å²) < 4.78 is 47.9. The maximum absolute atomic E-state index is 12.7. The van der Waals surface area contributed by atoms with E-state index in [1.165, 1.54) is 38.5 Å². The second kappa shape index (κ2) is 35.7. The fraction of sp³-hybridized carbons (Fsp3) is 0.864. The SMILES string of the molecule is CCCCCCCC/C=C\CCCCCCCC(=O)O[C@H](COC(=O)CCCCCC[C@@H]1[C@@H](/C=C/[C@@H](O)CCCCC)[C@H](O)C[C@@H]1O)COP(=O)(O)OC[C@@H](O)COP(=O)(O)O. The highest BCUT2D eigenvalue weighted by molar-refractivity contribution is 7.47. The number of rotatable bonds is 40. The molecule has 364 valence electrons. The molecule has 62 heavy (non-hydrogen) atoms. The van der Waals surface area contributed by atoms with Crippen LogP contribution in [0.3, 0.4) is 0 Å². The van der Waals surface area contributed by atoms with E-state index in [1.807, 2.05) is 6.08 Å². The first-order chi connectivity index (χ1) is 29.6. The molecule has 1 unspecified atom stereocenters. The number of phosphoric acid groups is 2. The molecule has 0 radical (unpaired) electrons. The Morgan fingerprint density at radius 1 is 0.645 bits per heavy atom. The number of hydrogen-bond acceptors (Lipinski definition) is 13. The summed E-state index contributed by atoms with van der Waals surface area (Å²) in [7, 11) is -9.75. The minimum absolute atomic E-state index is 0.0681. The average Bonchev–Trinajstić information content (AvgIpc) is 3.49. The second-order valence-electron chi connectivity index (χ2n) is 16.6.